The maximum atomic E-state index is 12.2. The van der Waals surface area contributed by atoms with E-state index in [4.69, 9.17) is 9.47 Å². The lowest BCUT2D eigenvalue weighted by atomic mass is 10.2. The van der Waals surface area contributed by atoms with Gasteiger partial charge >= 0.3 is 5.97 Å². The largest absolute Gasteiger partial charge is 0.489 e. The van der Waals surface area contributed by atoms with E-state index in [0.29, 0.717) is 44.1 Å². The third kappa shape index (κ3) is 5.81. The first-order valence-corrected chi connectivity index (χ1v) is 9.50. The average Bonchev–Trinajstić information content (AvgIpc) is 2.77. The van der Waals surface area contributed by atoms with Crippen molar-refractivity contribution in [1.29, 1.82) is 0 Å². The van der Waals surface area contributed by atoms with Gasteiger partial charge in [-0.2, -0.15) is 0 Å². The van der Waals surface area contributed by atoms with Crippen LogP contribution in [0, 0.1) is 0 Å². The van der Waals surface area contributed by atoms with Gasteiger partial charge in [0, 0.05) is 33.1 Å². The molecule has 1 saturated heterocycles. The van der Waals surface area contributed by atoms with E-state index in [1.54, 1.807) is 34.1 Å². The Morgan fingerprint density at radius 3 is 2.10 bits per heavy atom. The van der Waals surface area contributed by atoms with Gasteiger partial charge in [0.1, 0.15) is 12.4 Å². The molecule has 0 aromatic heterocycles. The van der Waals surface area contributed by atoms with Crippen LogP contribution in [0.2, 0.25) is 0 Å². The highest BCUT2D eigenvalue weighted by atomic mass is 16.5. The smallest absolute Gasteiger partial charge is 0.338 e. The monoisotopic (exact) mass is 396 g/mol. The molecule has 0 N–H and O–H groups in total. The molecule has 2 aromatic carbocycles. The Morgan fingerprint density at radius 2 is 1.48 bits per heavy atom. The zero-order valence-corrected chi connectivity index (χ0v) is 16.4. The van der Waals surface area contributed by atoms with E-state index >= 15 is 0 Å². The summed E-state index contributed by atoms with van der Waals surface area (Å²) in [6.45, 7) is 3.53. The first-order chi connectivity index (χ1) is 14.0. The molecule has 1 aliphatic heterocycles. The standard InChI is InChI=1S/C22H24N2O5/c1-17(25)23-11-13-24(14-12-23)21(26)16-29-22(27)19-7-9-20(10-8-19)28-15-18-5-3-2-4-6-18/h2-10H,11-16H2,1H3. The molecule has 7 heteroatoms. The van der Waals surface area contributed by atoms with E-state index in [-0.39, 0.29) is 18.4 Å². The van der Waals surface area contributed by atoms with Crippen molar-refractivity contribution >= 4 is 17.8 Å². The Hall–Kier alpha value is -3.35. The van der Waals surface area contributed by atoms with Crippen LogP contribution in [-0.4, -0.2) is 60.4 Å². The number of carbonyl (C=O) groups is 3. The van der Waals surface area contributed by atoms with Crippen molar-refractivity contribution in [1.82, 2.24) is 9.80 Å². The average molecular weight is 396 g/mol. The summed E-state index contributed by atoms with van der Waals surface area (Å²) in [4.78, 5) is 39.0. The number of amides is 2. The summed E-state index contributed by atoms with van der Waals surface area (Å²) in [5.74, 6) is -0.177. The lowest BCUT2D eigenvalue weighted by Gasteiger charge is -2.34. The minimum absolute atomic E-state index is 0.000258. The molecule has 0 radical (unpaired) electrons. The Kier molecular flexibility index (Phi) is 6.84. The van der Waals surface area contributed by atoms with Gasteiger partial charge in [0.2, 0.25) is 5.91 Å². The second kappa shape index (κ2) is 9.73. The quantitative estimate of drug-likeness (QED) is 0.699. The second-order valence-corrected chi connectivity index (χ2v) is 6.76. The first kappa shape index (κ1) is 20.4. The van der Waals surface area contributed by atoms with Gasteiger partial charge in [-0.3, -0.25) is 9.59 Å². The lowest BCUT2D eigenvalue weighted by molar-refractivity contribution is -0.140. The predicted octanol–water partition coefficient (Wildman–Crippen LogP) is 2.11. The molecule has 2 aromatic rings. The highest BCUT2D eigenvalue weighted by Gasteiger charge is 2.23. The molecule has 1 aliphatic rings. The van der Waals surface area contributed by atoms with Crippen LogP contribution >= 0.6 is 0 Å². The molecular weight excluding hydrogens is 372 g/mol. The molecule has 3 rings (SSSR count). The molecule has 2 amide bonds. The molecule has 152 valence electrons. The van der Waals surface area contributed by atoms with Crippen molar-refractivity contribution < 1.29 is 23.9 Å². The zero-order chi connectivity index (χ0) is 20.6. The SMILES string of the molecule is CC(=O)N1CCN(C(=O)COC(=O)c2ccc(OCc3ccccc3)cc2)CC1. The van der Waals surface area contributed by atoms with E-state index in [9.17, 15) is 14.4 Å². The number of hydrogen-bond donors (Lipinski definition) is 0. The first-order valence-electron chi connectivity index (χ1n) is 9.50. The third-order valence-electron chi connectivity index (χ3n) is 4.74. The number of hydrogen-bond acceptors (Lipinski definition) is 5. The Labute approximate surface area is 169 Å². The van der Waals surface area contributed by atoms with E-state index in [0.717, 1.165) is 5.56 Å². The minimum atomic E-state index is -0.560. The fraction of sp³-hybridized carbons (Fsp3) is 0.318. The van der Waals surface area contributed by atoms with Crippen LogP contribution in [0.4, 0.5) is 0 Å². The van der Waals surface area contributed by atoms with E-state index in [1.165, 1.54) is 6.92 Å². The Bertz CT molecular complexity index is 843. The normalized spacial score (nSPS) is 13.7. The molecule has 1 fully saturated rings. The number of carbonyl (C=O) groups excluding carboxylic acids is 3. The van der Waals surface area contributed by atoms with Gasteiger partial charge in [-0.25, -0.2) is 4.79 Å². The van der Waals surface area contributed by atoms with Gasteiger partial charge in [-0.15, -0.1) is 0 Å². The molecule has 0 aliphatic carbocycles. The second-order valence-electron chi connectivity index (χ2n) is 6.76. The minimum Gasteiger partial charge on any atom is -0.489 e. The van der Waals surface area contributed by atoms with Crippen LogP contribution in [0.3, 0.4) is 0 Å². The molecule has 0 atom stereocenters. The molecule has 7 nitrogen and oxygen atoms in total. The fourth-order valence-electron chi connectivity index (χ4n) is 3.00. The maximum Gasteiger partial charge on any atom is 0.338 e. The topological polar surface area (TPSA) is 76.2 Å². The van der Waals surface area contributed by atoms with Gasteiger partial charge in [-0.05, 0) is 29.8 Å². The van der Waals surface area contributed by atoms with E-state index in [1.807, 2.05) is 30.3 Å². The third-order valence-corrected chi connectivity index (χ3v) is 4.74. The number of esters is 1. The Morgan fingerprint density at radius 1 is 0.862 bits per heavy atom. The fourth-order valence-corrected chi connectivity index (χ4v) is 3.00. The van der Waals surface area contributed by atoms with Crippen molar-refractivity contribution in [3.05, 3.63) is 65.7 Å². The van der Waals surface area contributed by atoms with Gasteiger partial charge in [-0.1, -0.05) is 30.3 Å². The Balaban J connectivity index is 1.43. The number of ether oxygens (including phenoxy) is 2. The highest BCUT2D eigenvalue weighted by molar-refractivity contribution is 5.91. The van der Waals surface area contributed by atoms with Crippen LogP contribution in [0.1, 0.15) is 22.8 Å². The van der Waals surface area contributed by atoms with Crippen molar-refractivity contribution in [3.8, 4) is 5.75 Å². The molecule has 0 unspecified atom stereocenters. The lowest BCUT2D eigenvalue weighted by Crippen LogP contribution is -2.51. The number of nitrogens with zero attached hydrogens (tertiary/aromatic N) is 2. The van der Waals surface area contributed by atoms with Crippen molar-refractivity contribution in [2.45, 2.75) is 13.5 Å². The van der Waals surface area contributed by atoms with Gasteiger partial charge < -0.3 is 19.3 Å². The summed E-state index contributed by atoms with van der Waals surface area (Å²) in [6, 6.07) is 16.4. The van der Waals surface area contributed by atoms with E-state index in [2.05, 4.69) is 0 Å². The van der Waals surface area contributed by atoms with Crippen molar-refractivity contribution in [2.24, 2.45) is 0 Å². The summed E-state index contributed by atoms with van der Waals surface area (Å²) in [5, 5.41) is 0. The summed E-state index contributed by atoms with van der Waals surface area (Å²) < 4.78 is 10.8. The molecular formula is C22H24N2O5. The highest BCUT2D eigenvalue weighted by Crippen LogP contribution is 2.15. The van der Waals surface area contributed by atoms with Gasteiger partial charge in [0.05, 0.1) is 5.56 Å². The number of benzene rings is 2. The summed E-state index contributed by atoms with van der Waals surface area (Å²) in [5.41, 5.74) is 1.41. The number of rotatable bonds is 6. The van der Waals surface area contributed by atoms with Gasteiger partial charge in [0.15, 0.2) is 6.61 Å². The summed E-state index contributed by atoms with van der Waals surface area (Å²) >= 11 is 0. The van der Waals surface area contributed by atoms with Crippen LogP contribution in [-0.2, 0) is 20.9 Å². The molecule has 0 bridgehead atoms. The van der Waals surface area contributed by atoms with Crippen LogP contribution in [0.25, 0.3) is 0 Å². The molecule has 0 spiro atoms. The van der Waals surface area contributed by atoms with Crippen molar-refractivity contribution in [3.63, 3.8) is 0 Å². The van der Waals surface area contributed by atoms with Crippen LogP contribution in [0.5, 0.6) is 5.75 Å². The predicted molar refractivity (Wildman–Crippen MR) is 106 cm³/mol. The summed E-state index contributed by atoms with van der Waals surface area (Å²) in [6.07, 6.45) is 0. The molecule has 0 saturated carbocycles. The van der Waals surface area contributed by atoms with E-state index < -0.39 is 5.97 Å². The molecule has 29 heavy (non-hydrogen) atoms. The summed E-state index contributed by atoms with van der Waals surface area (Å²) in [7, 11) is 0. The van der Waals surface area contributed by atoms with Crippen molar-refractivity contribution in [2.75, 3.05) is 32.8 Å². The van der Waals surface area contributed by atoms with Gasteiger partial charge in [0.25, 0.3) is 5.91 Å². The van der Waals surface area contributed by atoms with Crippen LogP contribution in [0.15, 0.2) is 54.6 Å². The maximum absolute atomic E-state index is 12.2. The zero-order valence-electron chi connectivity index (χ0n) is 16.4. The number of piperazine rings is 1. The molecule has 1 heterocycles. The van der Waals surface area contributed by atoms with Crippen LogP contribution < -0.4 is 4.74 Å².